The predicted octanol–water partition coefficient (Wildman–Crippen LogP) is 3.19. The molecule has 1 aliphatic rings. The molecule has 3 rings (SSSR count). The second-order valence-electron chi connectivity index (χ2n) is 6.07. The van der Waals surface area contributed by atoms with Gasteiger partial charge >= 0.3 is 0 Å². The molecule has 0 atom stereocenters. The van der Waals surface area contributed by atoms with Crippen LogP contribution in [0.15, 0.2) is 47.4 Å². The fraction of sp³-hybridized carbons (Fsp3) is 0.278. The Morgan fingerprint density at radius 3 is 2.58 bits per heavy atom. The summed E-state index contributed by atoms with van der Waals surface area (Å²) in [5.41, 5.74) is 0.665. The first kappa shape index (κ1) is 18.8. The minimum absolute atomic E-state index is 0.0414. The summed E-state index contributed by atoms with van der Waals surface area (Å²) in [5, 5.41) is 2.79. The van der Waals surface area contributed by atoms with E-state index in [9.17, 15) is 17.6 Å². The zero-order valence-corrected chi connectivity index (χ0v) is 15.5. The number of hydrogen-bond donors (Lipinski definition) is 1. The van der Waals surface area contributed by atoms with Gasteiger partial charge in [0.05, 0.1) is 15.5 Å². The van der Waals surface area contributed by atoms with Gasteiger partial charge in [-0.15, -0.1) is 0 Å². The second kappa shape index (κ2) is 7.73. The van der Waals surface area contributed by atoms with Crippen molar-refractivity contribution >= 4 is 27.5 Å². The van der Waals surface area contributed by atoms with Crippen LogP contribution in [-0.2, 0) is 16.6 Å². The predicted molar refractivity (Wildman–Crippen MR) is 97.0 cm³/mol. The SMILES string of the molecule is O=C(NCc1cccc(F)c1)c1cc(S(=O)(=O)N2CCCC2)ccc1Cl. The van der Waals surface area contributed by atoms with Gasteiger partial charge in [-0.1, -0.05) is 23.7 Å². The third kappa shape index (κ3) is 4.06. The number of amides is 1. The van der Waals surface area contributed by atoms with Crippen LogP contribution in [0.25, 0.3) is 0 Å². The Hall–Kier alpha value is -1.96. The van der Waals surface area contributed by atoms with Crippen LogP contribution in [0.5, 0.6) is 0 Å². The highest BCUT2D eigenvalue weighted by atomic mass is 35.5. The van der Waals surface area contributed by atoms with Crippen molar-refractivity contribution in [3.8, 4) is 0 Å². The van der Waals surface area contributed by atoms with E-state index in [1.807, 2.05) is 0 Å². The number of halogens is 2. The van der Waals surface area contributed by atoms with E-state index in [1.165, 1.54) is 34.6 Å². The molecular formula is C18H18ClFN2O3S. The van der Waals surface area contributed by atoms with Crippen molar-refractivity contribution in [2.45, 2.75) is 24.3 Å². The van der Waals surface area contributed by atoms with E-state index in [0.717, 1.165) is 12.8 Å². The van der Waals surface area contributed by atoms with Crippen LogP contribution in [0.2, 0.25) is 5.02 Å². The monoisotopic (exact) mass is 396 g/mol. The van der Waals surface area contributed by atoms with Gasteiger partial charge in [-0.25, -0.2) is 12.8 Å². The van der Waals surface area contributed by atoms with Crippen molar-refractivity contribution in [1.82, 2.24) is 9.62 Å². The van der Waals surface area contributed by atoms with E-state index < -0.39 is 21.7 Å². The normalized spacial score (nSPS) is 15.2. The molecule has 0 aliphatic carbocycles. The lowest BCUT2D eigenvalue weighted by atomic mass is 10.2. The molecule has 0 saturated carbocycles. The van der Waals surface area contributed by atoms with Crippen molar-refractivity contribution in [1.29, 1.82) is 0 Å². The summed E-state index contributed by atoms with van der Waals surface area (Å²) in [4.78, 5) is 12.5. The number of carbonyl (C=O) groups is 1. The molecule has 1 saturated heterocycles. The van der Waals surface area contributed by atoms with Gasteiger partial charge in [0, 0.05) is 19.6 Å². The fourth-order valence-corrected chi connectivity index (χ4v) is 4.59. The van der Waals surface area contributed by atoms with Crippen LogP contribution in [0, 0.1) is 5.82 Å². The molecular weight excluding hydrogens is 379 g/mol. The molecule has 1 N–H and O–H groups in total. The number of carbonyl (C=O) groups excluding carboxylic acids is 1. The highest BCUT2D eigenvalue weighted by Gasteiger charge is 2.28. The number of benzene rings is 2. The van der Waals surface area contributed by atoms with Gasteiger partial charge in [0.1, 0.15) is 5.82 Å². The second-order valence-corrected chi connectivity index (χ2v) is 8.41. The highest BCUT2D eigenvalue weighted by molar-refractivity contribution is 7.89. The highest BCUT2D eigenvalue weighted by Crippen LogP contribution is 2.25. The number of hydrogen-bond acceptors (Lipinski definition) is 3. The van der Waals surface area contributed by atoms with Crippen LogP contribution in [0.1, 0.15) is 28.8 Å². The zero-order chi connectivity index (χ0) is 18.7. The summed E-state index contributed by atoms with van der Waals surface area (Å²) < 4.78 is 39.9. The van der Waals surface area contributed by atoms with Gasteiger partial charge in [0.15, 0.2) is 0 Å². The van der Waals surface area contributed by atoms with Crippen molar-refractivity contribution in [3.63, 3.8) is 0 Å². The molecule has 0 aromatic heterocycles. The van der Waals surface area contributed by atoms with Gasteiger partial charge in [-0.05, 0) is 48.7 Å². The average molecular weight is 397 g/mol. The lowest BCUT2D eigenvalue weighted by Gasteiger charge is -2.16. The molecule has 26 heavy (non-hydrogen) atoms. The molecule has 1 fully saturated rings. The average Bonchev–Trinajstić information content (AvgIpc) is 3.15. The maximum atomic E-state index is 13.2. The fourth-order valence-electron chi connectivity index (χ4n) is 2.84. The van der Waals surface area contributed by atoms with Crippen molar-refractivity contribution in [2.24, 2.45) is 0 Å². The third-order valence-electron chi connectivity index (χ3n) is 4.23. The molecule has 5 nitrogen and oxygen atoms in total. The molecule has 0 radical (unpaired) electrons. The molecule has 138 valence electrons. The molecule has 0 bridgehead atoms. The first-order valence-corrected chi connectivity index (χ1v) is 10.0. The minimum Gasteiger partial charge on any atom is -0.348 e. The smallest absolute Gasteiger partial charge is 0.253 e. The summed E-state index contributed by atoms with van der Waals surface area (Å²) in [6, 6.07) is 9.95. The quantitative estimate of drug-likeness (QED) is 0.844. The Labute approximate surface area is 156 Å². The van der Waals surface area contributed by atoms with Gasteiger partial charge < -0.3 is 5.32 Å². The van der Waals surface area contributed by atoms with Crippen LogP contribution < -0.4 is 5.32 Å². The topological polar surface area (TPSA) is 66.5 Å². The Kier molecular flexibility index (Phi) is 5.60. The van der Waals surface area contributed by atoms with Crippen molar-refractivity contribution in [2.75, 3.05) is 13.1 Å². The summed E-state index contributed by atoms with van der Waals surface area (Å²) in [6.07, 6.45) is 1.65. The van der Waals surface area contributed by atoms with Crippen molar-refractivity contribution in [3.05, 3.63) is 64.4 Å². The van der Waals surface area contributed by atoms with E-state index >= 15 is 0 Å². The van der Waals surface area contributed by atoms with E-state index in [4.69, 9.17) is 11.6 Å². The summed E-state index contributed by atoms with van der Waals surface area (Å²) in [6.45, 7) is 1.06. The molecule has 1 heterocycles. The first-order valence-electron chi connectivity index (χ1n) is 8.20. The Morgan fingerprint density at radius 2 is 1.88 bits per heavy atom. The molecule has 2 aromatic carbocycles. The van der Waals surface area contributed by atoms with Crippen molar-refractivity contribution < 1.29 is 17.6 Å². The largest absolute Gasteiger partial charge is 0.348 e. The van der Waals surface area contributed by atoms with Gasteiger partial charge in [0.25, 0.3) is 5.91 Å². The first-order chi connectivity index (χ1) is 12.4. The van der Waals surface area contributed by atoms with Crippen LogP contribution >= 0.6 is 11.6 Å². The Morgan fingerprint density at radius 1 is 1.15 bits per heavy atom. The standard InChI is InChI=1S/C18H18ClFN2O3S/c19-17-7-6-15(26(24,25)22-8-1-2-9-22)11-16(17)18(23)21-12-13-4-3-5-14(20)10-13/h3-7,10-11H,1-2,8-9,12H2,(H,21,23). The van der Waals surface area contributed by atoms with Gasteiger partial charge in [-0.3, -0.25) is 4.79 Å². The van der Waals surface area contributed by atoms with Gasteiger partial charge in [-0.2, -0.15) is 4.31 Å². The van der Waals surface area contributed by atoms with E-state index in [0.29, 0.717) is 18.7 Å². The van der Waals surface area contributed by atoms with E-state index in [2.05, 4.69) is 5.32 Å². The number of rotatable bonds is 5. The molecule has 2 aromatic rings. The minimum atomic E-state index is -3.64. The number of nitrogens with zero attached hydrogens (tertiary/aromatic N) is 1. The maximum absolute atomic E-state index is 13.2. The van der Waals surface area contributed by atoms with Crippen LogP contribution in [-0.4, -0.2) is 31.7 Å². The Bertz CT molecular complexity index is 928. The number of nitrogens with one attached hydrogen (secondary N) is 1. The summed E-state index contributed by atoms with van der Waals surface area (Å²) in [7, 11) is -3.64. The summed E-state index contributed by atoms with van der Waals surface area (Å²) in [5.74, 6) is -0.911. The molecule has 0 unspecified atom stereocenters. The zero-order valence-electron chi connectivity index (χ0n) is 13.9. The van der Waals surface area contributed by atoms with Crippen LogP contribution in [0.4, 0.5) is 4.39 Å². The summed E-state index contributed by atoms with van der Waals surface area (Å²) >= 11 is 6.08. The van der Waals surface area contributed by atoms with Gasteiger partial charge in [0.2, 0.25) is 10.0 Å². The number of sulfonamides is 1. The molecule has 8 heteroatoms. The van der Waals surface area contributed by atoms with E-state index in [1.54, 1.807) is 12.1 Å². The molecule has 0 spiro atoms. The lowest BCUT2D eigenvalue weighted by Crippen LogP contribution is -2.28. The third-order valence-corrected chi connectivity index (χ3v) is 6.45. The maximum Gasteiger partial charge on any atom is 0.253 e. The molecule has 1 aliphatic heterocycles. The lowest BCUT2D eigenvalue weighted by molar-refractivity contribution is 0.0951. The molecule has 1 amide bonds. The Balaban J connectivity index is 1.79. The van der Waals surface area contributed by atoms with E-state index in [-0.39, 0.29) is 22.0 Å². The van der Waals surface area contributed by atoms with Crippen LogP contribution in [0.3, 0.4) is 0 Å².